The van der Waals surface area contributed by atoms with Crippen LogP contribution in [-0.2, 0) is 21.2 Å². The van der Waals surface area contributed by atoms with Crippen LogP contribution >= 0.6 is 0 Å². The molecule has 1 unspecified atom stereocenters. The third-order valence-corrected chi connectivity index (χ3v) is 4.94. The van der Waals surface area contributed by atoms with Crippen LogP contribution in [0.1, 0.15) is 26.5 Å². The normalized spacial score (nSPS) is 14.1. The monoisotopic (exact) mass is 288 g/mol. The maximum absolute atomic E-state index is 12.0. The number of amides is 1. The zero-order valence-electron chi connectivity index (χ0n) is 11.3. The van der Waals surface area contributed by atoms with Crippen molar-refractivity contribution in [2.75, 3.05) is 5.75 Å². The number of carbonyl (C=O) groups excluding carboxylic acids is 1. The van der Waals surface area contributed by atoms with Gasteiger partial charge in [0.1, 0.15) is 11.0 Å². The SMILES string of the molecule is CC(C(=O)NCc1ccco1)S(=O)(=O)CC(C)(C)N. The lowest BCUT2D eigenvalue weighted by Gasteiger charge is -2.21. The molecule has 0 radical (unpaired) electrons. The molecule has 6 nitrogen and oxygen atoms in total. The van der Waals surface area contributed by atoms with Gasteiger partial charge in [-0.25, -0.2) is 8.42 Å². The Labute approximate surface area is 113 Å². The Hall–Kier alpha value is -1.34. The molecule has 7 heteroatoms. The minimum Gasteiger partial charge on any atom is -0.467 e. The van der Waals surface area contributed by atoms with Crippen LogP contribution in [0.4, 0.5) is 0 Å². The Kier molecular flexibility index (Phi) is 4.75. The van der Waals surface area contributed by atoms with Gasteiger partial charge in [-0.05, 0) is 32.9 Å². The predicted octanol–water partition coefficient (Wildman–Crippen LogP) is 0.436. The molecule has 0 aliphatic heterocycles. The summed E-state index contributed by atoms with van der Waals surface area (Å²) in [6.45, 7) is 4.74. The molecule has 0 fully saturated rings. The highest BCUT2D eigenvalue weighted by Gasteiger charge is 2.32. The Morgan fingerprint density at radius 1 is 1.53 bits per heavy atom. The van der Waals surface area contributed by atoms with Crippen molar-refractivity contribution in [2.24, 2.45) is 5.73 Å². The van der Waals surface area contributed by atoms with Gasteiger partial charge in [-0.3, -0.25) is 4.79 Å². The van der Waals surface area contributed by atoms with Gasteiger partial charge < -0.3 is 15.5 Å². The Morgan fingerprint density at radius 2 is 2.16 bits per heavy atom. The van der Waals surface area contributed by atoms with E-state index in [2.05, 4.69) is 5.32 Å². The fourth-order valence-electron chi connectivity index (χ4n) is 1.54. The molecule has 0 bridgehead atoms. The predicted molar refractivity (Wildman–Crippen MR) is 72.1 cm³/mol. The lowest BCUT2D eigenvalue weighted by Crippen LogP contribution is -2.46. The zero-order valence-corrected chi connectivity index (χ0v) is 12.2. The summed E-state index contributed by atoms with van der Waals surface area (Å²) in [6.07, 6.45) is 1.48. The lowest BCUT2D eigenvalue weighted by atomic mass is 10.1. The highest BCUT2D eigenvalue weighted by Crippen LogP contribution is 2.10. The molecule has 0 spiro atoms. The first-order chi connectivity index (χ1) is 8.62. The highest BCUT2D eigenvalue weighted by atomic mass is 32.2. The first-order valence-corrected chi connectivity index (χ1v) is 7.64. The topological polar surface area (TPSA) is 102 Å². The fourth-order valence-corrected chi connectivity index (χ4v) is 3.23. The lowest BCUT2D eigenvalue weighted by molar-refractivity contribution is -0.120. The molecule has 0 saturated heterocycles. The molecule has 1 aromatic heterocycles. The highest BCUT2D eigenvalue weighted by molar-refractivity contribution is 7.92. The Bertz CT molecular complexity index is 514. The van der Waals surface area contributed by atoms with Crippen LogP contribution in [0.5, 0.6) is 0 Å². The van der Waals surface area contributed by atoms with Gasteiger partial charge in [-0.2, -0.15) is 0 Å². The largest absolute Gasteiger partial charge is 0.467 e. The maximum Gasteiger partial charge on any atom is 0.238 e. The summed E-state index contributed by atoms with van der Waals surface area (Å²) in [5.41, 5.74) is 4.82. The van der Waals surface area contributed by atoms with Crippen LogP contribution in [0.25, 0.3) is 0 Å². The summed E-state index contributed by atoms with van der Waals surface area (Å²) in [5.74, 6) is -0.229. The van der Waals surface area contributed by atoms with E-state index in [9.17, 15) is 13.2 Å². The minimum atomic E-state index is -3.58. The summed E-state index contributed by atoms with van der Waals surface area (Å²) >= 11 is 0. The summed E-state index contributed by atoms with van der Waals surface area (Å²) in [5, 5.41) is 1.39. The number of nitrogens with two attached hydrogens (primary N) is 1. The molecule has 1 atom stereocenters. The molecule has 1 heterocycles. The number of nitrogens with one attached hydrogen (secondary N) is 1. The van der Waals surface area contributed by atoms with Gasteiger partial charge in [0.2, 0.25) is 5.91 Å². The maximum atomic E-state index is 12.0. The van der Waals surface area contributed by atoms with Gasteiger partial charge >= 0.3 is 0 Å². The molecule has 19 heavy (non-hydrogen) atoms. The second kappa shape index (κ2) is 5.75. The fraction of sp³-hybridized carbons (Fsp3) is 0.583. The summed E-state index contributed by atoms with van der Waals surface area (Å²) < 4.78 is 29.0. The molecule has 3 N–H and O–H groups in total. The van der Waals surface area contributed by atoms with Crippen molar-refractivity contribution < 1.29 is 17.6 Å². The van der Waals surface area contributed by atoms with E-state index < -0.39 is 26.5 Å². The van der Waals surface area contributed by atoms with Crippen molar-refractivity contribution in [1.29, 1.82) is 0 Å². The van der Waals surface area contributed by atoms with Crippen molar-refractivity contribution in [3.05, 3.63) is 24.2 Å². The second-order valence-corrected chi connectivity index (χ2v) is 7.56. The molecule has 1 rings (SSSR count). The summed E-state index contributed by atoms with van der Waals surface area (Å²) in [4.78, 5) is 11.8. The van der Waals surface area contributed by atoms with E-state index in [1.807, 2.05) is 0 Å². The van der Waals surface area contributed by atoms with Gasteiger partial charge in [-0.1, -0.05) is 0 Å². The van der Waals surface area contributed by atoms with E-state index in [0.717, 1.165) is 0 Å². The number of hydrogen-bond donors (Lipinski definition) is 2. The molecule has 1 aromatic rings. The Morgan fingerprint density at radius 3 is 2.63 bits per heavy atom. The van der Waals surface area contributed by atoms with Crippen LogP contribution in [0.2, 0.25) is 0 Å². The van der Waals surface area contributed by atoms with Crippen molar-refractivity contribution in [3.63, 3.8) is 0 Å². The number of furan rings is 1. The van der Waals surface area contributed by atoms with E-state index in [1.54, 1.807) is 26.0 Å². The van der Waals surface area contributed by atoms with Crippen molar-refractivity contribution >= 4 is 15.7 Å². The molecular weight excluding hydrogens is 268 g/mol. The van der Waals surface area contributed by atoms with Crippen molar-refractivity contribution in [2.45, 2.75) is 38.1 Å². The van der Waals surface area contributed by atoms with E-state index in [1.165, 1.54) is 13.2 Å². The van der Waals surface area contributed by atoms with Gasteiger partial charge in [-0.15, -0.1) is 0 Å². The van der Waals surface area contributed by atoms with Crippen LogP contribution in [0.3, 0.4) is 0 Å². The van der Waals surface area contributed by atoms with E-state index >= 15 is 0 Å². The van der Waals surface area contributed by atoms with Gasteiger partial charge in [0.25, 0.3) is 0 Å². The molecule has 0 aromatic carbocycles. The second-order valence-electron chi connectivity index (χ2n) is 5.24. The zero-order chi connectivity index (χ0) is 14.7. The standard InChI is InChI=1S/C12H20N2O4S/c1-9(19(16,17)8-12(2,3)13)11(15)14-7-10-5-4-6-18-10/h4-6,9H,7-8,13H2,1-3H3,(H,14,15). The quantitative estimate of drug-likeness (QED) is 0.790. The molecular formula is C12H20N2O4S. The number of sulfone groups is 1. The number of carbonyl (C=O) groups is 1. The van der Waals surface area contributed by atoms with E-state index in [-0.39, 0.29) is 12.3 Å². The summed E-state index contributed by atoms with van der Waals surface area (Å²) in [7, 11) is -3.58. The van der Waals surface area contributed by atoms with Crippen molar-refractivity contribution in [1.82, 2.24) is 5.32 Å². The first kappa shape index (κ1) is 15.7. The van der Waals surface area contributed by atoms with Crippen LogP contribution < -0.4 is 11.1 Å². The van der Waals surface area contributed by atoms with Crippen molar-refractivity contribution in [3.8, 4) is 0 Å². The van der Waals surface area contributed by atoms with E-state index in [4.69, 9.17) is 10.2 Å². The molecule has 108 valence electrons. The van der Waals surface area contributed by atoms with E-state index in [0.29, 0.717) is 5.76 Å². The molecule has 0 saturated carbocycles. The molecule has 1 amide bonds. The third kappa shape index (κ3) is 5.04. The first-order valence-electron chi connectivity index (χ1n) is 5.92. The molecule has 0 aliphatic carbocycles. The minimum absolute atomic E-state index is 0.164. The van der Waals surface area contributed by atoms with Gasteiger partial charge in [0.05, 0.1) is 18.6 Å². The average Bonchev–Trinajstić information content (AvgIpc) is 2.74. The van der Waals surface area contributed by atoms with Crippen LogP contribution in [0, 0.1) is 0 Å². The number of rotatable bonds is 6. The average molecular weight is 288 g/mol. The van der Waals surface area contributed by atoms with Crippen LogP contribution in [0.15, 0.2) is 22.8 Å². The summed E-state index contributed by atoms with van der Waals surface area (Å²) in [6, 6.07) is 3.39. The number of hydrogen-bond acceptors (Lipinski definition) is 5. The van der Waals surface area contributed by atoms with Crippen LogP contribution in [-0.4, -0.2) is 30.9 Å². The smallest absolute Gasteiger partial charge is 0.238 e. The Balaban J connectivity index is 2.61. The van der Waals surface area contributed by atoms with Gasteiger partial charge in [0.15, 0.2) is 9.84 Å². The third-order valence-electron chi connectivity index (χ3n) is 2.50. The molecule has 0 aliphatic rings. The van der Waals surface area contributed by atoms with Gasteiger partial charge in [0, 0.05) is 5.54 Å².